The van der Waals surface area contributed by atoms with E-state index >= 15 is 0 Å². The molecule has 3 rings (SSSR count). The largest absolute Gasteiger partial charge is 0.338 e. The lowest BCUT2D eigenvalue weighted by Crippen LogP contribution is -2.43. The van der Waals surface area contributed by atoms with E-state index in [0.29, 0.717) is 23.9 Å². The molecule has 1 aliphatic rings. The molecule has 0 amide bonds. The SMILES string of the molecule is Cc1cc(-c2nc(N3CCCC(N)C3)n[nH]2)c(F)cc1F. The van der Waals surface area contributed by atoms with E-state index in [1.54, 1.807) is 6.92 Å². The highest BCUT2D eigenvalue weighted by Gasteiger charge is 2.21. The van der Waals surface area contributed by atoms with Gasteiger partial charge in [-0.15, -0.1) is 5.10 Å². The summed E-state index contributed by atoms with van der Waals surface area (Å²) in [6.45, 7) is 3.09. The molecule has 1 aromatic carbocycles. The second kappa shape index (κ2) is 5.40. The minimum absolute atomic E-state index is 0.102. The molecule has 0 radical (unpaired) electrons. The van der Waals surface area contributed by atoms with Crippen molar-refractivity contribution in [2.75, 3.05) is 18.0 Å². The molecule has 112 valence electrons. The fraction of sp³-hybridized carbons (Fsp3) is 0.429. The highest BCUT2D eigenvalue weighted by atomic mass is 19.1. The van der Waals surface area contributed by atoms with Gasteiger partial charge in [0.2, 0.25) is 5.95 Å². The van der Waals surface area contributed by atoms with Crippen LogP contribution in [0.3, 0.4) is 0 Å². The van der Waals surface area contributed by atoms with Crippen LogP contribution in [0.15, 0.2) is 12.1 Å². The second-order valence-electron chi connectivity index (χ2n) is 5.41. The van der Waals surface area contributed by atoms with Gasteiger partial charge >= 0.3 is 0 Å². The molecule has 7 heteroatoms. The fourth-order valence-corrected chi connectivity index (χ4v) is 2.55. The van der Waals surface area contributed by atoms with Gasteiger partial charge in [0.1, 0.15) is 11.6 Å². The maximum absolute atomic E-state index is 13.9. The Morgan fingerprint density at radius 1 is 1.33 bits per heavy atom. The lowest BCUT2D eigenvalue weighted by Gasteiger charge is -2.29. The standard InChI is InChI=1S/C14H17F2N5/c1-8-5-10(12(16)6-11(8)15)13-18-14(20-19-13)21-4-2-3-9(17)7-21/h5-6,9H,2-4,7,17H2,1H3,(H,18,19,20). The molecule has 1 atom stereocenters. The predicted molar refractivity (Wildman–Crippen MR) is 75.9 cm³/mol. The van der Waals surface area contributed by atoms with Crippen LogP contribution in [0.25, 0.3) is 11.4 Å². The van der Waals surface area contributed by atoms with Gasteiger partial charge in [0.25, 0.3) is 0 Å². The van der Waals surface area contributed by atoms with Gasteiger partial charge in [0.15, 0.2) is 5.82 Å². The summed E-state index contributed by atoms with van der Waals surface area (Å²) in [6, 6.07) is 2.39. The van der Waals surface area contributed by atoms with Crippen LogP contribution < -0.4 is 10.6 Å². The van der Waals surface area contributed by atoms with Gasteiger partial charge in [-0.3, -0.25) is 5.10 Å². The number of hydrogen-bond acceptors (Lipinski definition) is 4. The van der Waals surface area contributed by atoms with Crippen molar-refractivity contribution in [2.45, 2.75) is 25.8 Å². The molecule has 1 fully saturated rings. The Labute approximate surface area is 121 Å². The zero-order chi connectivity index (χ0) is 15.0. The smallest absolute Gasteiger partial charge is 0.245 e. The number of aryl methyl sites for hydroxylation is 1. The lowest BCUT2D eigenvalue weighted by molar-refractivity contribution is 0.500. The van der Waals surface area contributed by atoms with E-state index in [1.807, 2.05) is 4.90 Å². The summed E-state index contributed by atoms with van der Waals surface area (Å²) in [7, 11) is 0. The molecule has 1 aromatic heterocycles. The minimum atomic E-state index is -0.656. The van der Waals surface area contributed by atoms with E-state index in [2.05, 4.69) is 15.2 Å². The van der Waals surface area contributed by atoms with Crippen molar-refractivity contribution in [3.05, 3.63) is 29.3 Å². The van der Waals surface area contributed by atoms with Gasteiger partial charge in [-0.1, -0.05) is 0 Å². The summed E-state index contributed by atoms with van der Waals surface area (Å²) in [5, 5.41) is 6.83. The van der Waals surface area contributed by atoms with Crippen LogP contribution in [0.2, 0.25) is 0 Å². The van der Waals surface area contributed by atoms with Crippen molar-refractivity contribution in [2.24, 2.45) is 5.73 Å². The van der Waals surface area contributed by atoms with Gasteiger partial charge in [0, 0.05) is 25.2 Å². The van der Waals surface area contributed by atoms with Gasteiger partial charge in [-0.05, 0) is 31.4 Å². The van der Waals surface area contributed by atoms with Crippen LogP contribution in [0.1, 0.15) is 18.4 Å². The normalized spacial score (nSPS) is 19.0. The van der Waals surface area contributed by atoms with Crippen LogP contribution in [-0.4, -0.2) is 34.3 Å². The first-order valence-corrected chi connectivity index (χ1v) is 6.93. The second-order valence-corrected chi connectivity index (χ2v) is 5.41. The lowest BCUT2D eigenvalue weighted by atomic mass is 10.1. The molecule has 1 unspecified atom stereocenters. The zero-order valence-corrected chi connectivity index (χ0v) is 11.7. The molecular formula is C14H17F2N5. The molecule has 0 spiro atoms. The fourth-order valence-electron chi connectivity index (χ4n) is 2.55. The van der Waals surface area contributed by atoms with E-state index < -0.39 is 11.6 Å². The van der Waals surface area contributed by atoms with Crippen molar-refractivity contribution in [3.8, 4) is 11.4 Å². The number of piperidine rings is 1. The minimum Gasteiger partial charge on any atom is -0.338 e. The molecule has 21 heavy (non-hydrogen) atoms. The van der Waals surface area contributed by atoms with E-state index in [0.717, 1.165) is 25.5 Å². The Morgan fingerprint density at radius 3 is 2.90 bits per heavy atom. The van der Waals surface area contributed by atoms with Crippen molar-refractivity contribution in [1.29, 1.82) is 0 Å². The maximum Gasteiger partial charge on any atom is 0.245 e. The predicted octanol–water partition coefficient (Wildman–Crippen LogP) is 1.99. The highest BCUT2D eigenvalue weighted by molar-refractivity contribution is 5.58. The Bertz CT molecular complexity index is 655. The van der Waals surface area contributed by atoms with Crippen LogP contribution in [0.4, 0.5) is 14.7 Å². The van der Waals surface area contributed by atoms with E-state index in [-0.39, 0.29) is 11.6 Å². The Kier molecular flexibility index (Phi) is 3.59. The molecular weight excluding hydrogens is 276 g/mol. The quantitative estimate of drug-likeness (QED) is 0.888. The number of aromatic nitrogens is 3. The van der Waals surface area contributed by atoms with Gasteiger partial charge < -0.3 is 10.6 Å². The average molecular weight is 293 g/mol. The van der Waals surface area contributed by atoms with Crippen LogP contribution in [0.5, 0.6) is 0 Å². The number of nitrogens with zero attached hydrogens (tertiary/aromatic N) is 3. The molecule has 0 aliphatic carbocycles. The number of benzene rings is 1. The van der Waals surface area contributed by atoms with Crippen LogP contribution >= 0.6 is 0 Å². The van der Waals surface area contributed by atoms with Crippen molar-refractivity contribution in [1.82, 2.24) is 15.2 Å². The first-order chi connectivity index (χ1) is 10.0. The molecule has 2 heterocycles. The first-order valence-electron chi connectivity index (χ1n) is 6.93. The van der Waals surface area contributed by atoms with Crippen LogP contribution in [0, 0.1) is 18.6 Å². The van der Waals surface area contributed by atoms with Crippen molar-refractivity contribution in [3.63, 3.8) is 0 Å². The molecule has 1 saturated heterocycles. The molecule has 0 bridgehead atoms. The number of hydrogen-bond donors (Lipinski definition) is 2. The highest BCUT2D eigenvalue weighted by Crippen LogP contribution is 2.24. The monoisotopic (exact) mass is 293 g/mol. The van der Waals surface area contributed by atoms with E-state index in [1.165, 1.54) is 6.07 Å². The van der Waals surface area contributed by atoms with Crippen molar-refractivity contribution >= 4 is 5.95 Å². The van der Waals surface area contributed by atoms with E-state index in [4.69, 9.17) is 5.73 Å². The number of aromatic amines is 1. The summed E-state index contributed by atoms with van der Waals surface area (Å²) in [6.07, 6.45) is 1.97. The summed E-state index contributed by atoms with van der Waals surface area (Å²) in [4.78, 5) is 6.29. The van der Waals surface area contributed by atoms with Crippen molar-refractivity contribution < 1.29 is 8.78 Å². The van der Waals surface area contributed by atoms with Gasteiger partial charge in [-0.2, -0.15) is 4.98 Å². The molecule has 3 N–H and O–H groups in total. The number of rotatable bonds is 2. The number of nitrogens with one attached hydrogen (secondary N) is 1. The van der Waals surface area contributed by atoms with Crippen LogP contribution in [-0.2, 0) is 0 Å². The van der Waals surface area contributed by atoms with E-state index in [9.17, 15) is 8.78 Å². The van der Waals surface area contributed by atoms with Gasteiger partial charge in [-0.25, -0.2) is 8.78 Å². The maximum atomic E-state index is 13.9. The molecule has 1 aliphatic heterocycles. The zero-order valence-electron chi connectivity index (χ0n) is 11.7. The molecule has 2 aromatic rings. The summed E-state index contributed by atoms with van der Waals surface area (Å²) >= 11 is 0. The summed E-state index contributed by atoms with van der Waals surface area (Å²) < 4.78 is 27.2. The topological polar surface area (TPSA) is 70.8 Å². The Balaban J connectivity index is 1.90. The summed E-state index contributed by atoms with van der Waals surface area (Å²) in [5.41, 5.74) is 6.51. The molecule has 5 nitrogen and oxygen atoms in total. The first kappa shape index (κ1) is 13.9. The third kappa shape index (κ3) is 2.73. The third-order valence-electron chi connectivity index (χ3n) is 3.72. The third-order valence-corrected chi connectivity index (χ3v) is 3.72. The number of anilines is 1. The average Bonchev–Trinajstić information content (AvgIpc) is 2.92. The number of halogens is 2. The number of nitrogens with two attached hydrogens (primary N) is 1. The van der Waals surface area contributed by atoms with Gasteiger partial charge in [0.05, 0.1) is 5.56 Å². The Morgan fingerprint density at radius 2 is 2.14 bits per heavy atom. The Hall–Kier alpha value is -2.02. The summed E-state index contributed by atoms with van der Waals surface area (Å²) in [5.74, 6) is -0.430. The number of H-pyrrole nitrogens is 1. The molecule has 0 saturated carbocycles.